The Morgan fingerprint density at radius 1 is 1.37 bits per heavy atom. The molecular formula is C16H26N2O. The first kappa shape index (κ1) is 15.7. The van der Waals surface area contributed by atoms with Crippen LogP contribution in [0.2, 0.25) is 0 Å². The van der Waals surface area contributed by atoms with Crippen molar-refractivity contribution in [1.29, 1.82) is 0 Å². The van der Waals surface area contributed by atoms with Crippen LogP contribution in [0.25, 0.3) is 0 Å². The molecule has 3 heteroatoms. The van der Waals surface area contributed by atoms with Gasteiger partial charge in [0.15, 0.2) is 0 Å². The Balaban J connectivity index is 3.07. The van der Waals surface area contributed by atoms with Crippen molar-refractivity contribution in [2.24, 2.45) is 11.7 Å². The molecule has 0 aliphatic heterocycles. The van der Waals surface area contributed by atoms with Gasteiger partial charge in [-0.3, -0.25) is 4.79 Å². The Kier molecular flexibility index (Phi) is 5.55. The van der Waals surface area contributed by atoms with E-state index in [4.69, 9.17) is 5.73 Å². The molecule has 1 amide bonds. The lowest BCUT2D eigenvalue weighted by atomic mass is 9.99. The van der Waals surface area contributed by atoms with Crippen molar-refractivity contribution in [3.05, 3.63) is 29.3 Å². The van der Waals surface area contributed by atoms with E-state index in [0.29, 0.717) is 12.5 Å². The molecule has 1 atom stereocenters. The van der Waals surface area contributed by atoms with Crippen LogP contribution in [0, 0.1) is 12.8 Å². The summed E-state index contributed by atoms with van der Waals surface area (Å²) in [4.78, 5) is 14.1. The summed E-state index contributed by atoms with van der Waals surface area (Å²) >= 11 is 0. The van der Waals surface area contributed by atoms with Gasteiger partial charge in [0.25, 0.3) is 0 Å². The molecule has 0 aliphatic carbocycles. The molecular weight excluding hydrogens is 236 g/mol. The number of nitrogens with two attached hydrogens (primary N) is 1. The van der Waals surface area contributed by atoms with Gasteiger partial charge in [0.2, 0.25) is 5.91 Å². The molecule has 0 aliphatic rings. The monoisotopic (exact) mass is 262 g/mol. The van der Waals surface area contributed by atoms with Crippen LogP contribution >= 0.6 is 0 Å². The van der Waals surface area contributed by atoms with Crippen LogP contribution < -0.4 is 10.6 Å². The number of aryl methyl sites for hydroxylation is 1. The SMILES string of the molecule is CCC(CN)C(=O)N(C)c1cc(C(C)C)ccc1C. The van der Waals surface area contributed by atoms with Crippen LogP contribution in [-0.2, 0) is 4.79 Å². The second kappa shape index (κ2) is 6.71. The third-order valence-electron chi connectivity index (χ3n) is 3.72. The number of anilines is 1. The molecule has 0 aromatic heterocycles. The van der Waals surface area contributed by atoms with E-state index in [1.165, 1.54) is 5.56 Å². The van der Waals surface area contributed by atoms with Crippen LogP contribution in [-0.4, -0.2) is 19.5 Å². The van der Waals surface area contributed by atoms with E-state index in [0.717, 1.165) is 17.7 Å². The quantitative estimate of drug-likeness (QED) is 0.886. The Hall–Kier alpha value is -1.35. The summed E-state index contributed by atoms with van der Waals surface area (Å²) in [6.07, 6.45) is 0.780. The van der Waals surface area contributed by atoms with E-state index in [9.17, 15) is 4.79 Å². The predicted molar refractivity (Wildman–Crippen MR) is 81.5 cm³/mol. The third kappa shape index (κ3) is 3.57. The summed E-state index contributed by atoms with van der Waals surface area (Å²) in [7, 11) is 1.84. The summed E-state index contributed by atoms with van der Waals surface area (Å²) in [5.41, 5.74) is 9.03. The lowest BCUT2D eigenvalue weighted by molar-refractivity contribution is -0.121. The average molecular weight is 262 g/mol. The highest BCUT2D eigenvalue weighted by Gasteiger charge is 2.21. The number of amides is 1. The molecule has 0 fully saturated rings. The molecule has 0 spiro atoms. The first-order valence-corrected chi connectivity index (χ1v) is 7.00. The Morgan fingerprint density at radius 3 is 2.47 bits per heavy atom. The Bertz CT molecular complexity index is 436. The molecule has 106 valence electrons. The maximum Gasteiger partial charge on any atom is 0.231 e. The van der Waals surface area contributed by atoms with Crippen molar-refractivity contribution in [3.8, 4) is 0 Å². The van der Waals surface area contributed by atoms with Gasteiger partial charge in [-0.2, -0.15) is 0 Å². The number of carbonyl (C=O) groups is 1. The van der Waals surface area contributed by atoms with E-state index >= 15 is 0 Å². The molecule has 1 aromatic rings. The van der Waals surface area contributed by atoms with E-state index in [2.05, 4.69) is 32.0 Å². The smallest absolute Gasteiger partial charge is 0.231 e. The highest BCUT2D eigenvalue weighted by atomic mass is 16.2. The zero-order valence-corrected chi connectivity index (χ0v) is 12.7. The Labute approximate surface area is 116 Å². The van der Waals surface area contributed by atoms with Gasteiger partial charge < -0.3 is 10.6 Å². The summed E-state index contributed by atoms with van der Waals surface area (Å²) in [6, 6.07) is 6.32. The van der Waals surface area contributed by atoms with E-state index < -0.39 is 0 Å². The molecule has 0 radical (unpaired) electrons. The molecule has 0 heterocycles. The molecule has 0 saturated heterocycles. The molecule has 1 aromatic carbocycles. The molecule has 0 bridgehead atoms. The predicted octanol–water partition coefficient (Wildman–Crippen LogP) is 3.07. The third-order valence-corrected chi connectivity index (χ3v) is 3.72. The maximum absolute atomic E-state index is 12.4. The van der Waals surface area contributed by atoms with Gasteiger partial charge in [0, 0.05) is 19.3 Å². The van der Waals surface area contributed by atoms with Gasteiger partial charge in [0.05, 0.1) is 5.92 Å². The minimum absolute atomic E-state index is 0.0906. The summed E-state index contributed by atoms with van der Waals surface area (Å²) in [5, 5.41) is 0. The second-order valence-electron chi connectivity index (χ2n) is 5.44. The molecule has 1 rings (SSSR count). The van der Waals surface area contributed by atoms with Crippen molar-refractivity contribution in [1.82, 2.24) is 0 Å². The normalized spacial score (nSPS) is 12.6. The number of nitrogens with zero attached hydrogens (tertiary/aromatic N) is 1. The van der Waals surface area contributed by atoms with Crippen LogP contribution in [0.3, 0.4) is 0 Å². The maximum atomic E-state index is 12.4. The fourth-order valence-corrected chi connectivity index (χ4v) is 2.18. The number of carbonyl (C=O) groups excluding carboxylic acids is 1. The number of hydrogen-bond donors (Lipinski definition) is 1. The van der Waals surface area contributed by atoms with E-state index in [-0.39, 0.29) is 11.8 Å². The molecule has 19 heavy (non-hydrogen) atoms. The second-order valence-corrected chi connectivity index (χ2v) is 5.44. The zero-order chi connectivity index (χ0) is 14.6. The number of rotatable bonds is 5. The molecule has 0 saturated carbocycles. The topological polar surface area (TPSA) is 46.3 Å². The number of hydrogen-bond acceptors (Lipinski definition) is 2. The van der Waals surface area contributed by atoms with Crippen molar-refractivity contribution in [2.75, 3.05) is 18.5 Å². The minimum Gasteiger partial charge on any atom is -0.330 e. The fourth-order valence-electron chi connectivity index (χ4n) is 2.18. The lowest BCUT2D eigenvalue weighted by Gasteiger charge is -2.25. The fraction of sp³-hybridized carbons (Fsp3) is 0.562. The molecule has 2 N–H and O–H groups in total. The standard InChI is InChI=1S/C16H26N2O/c1-6-13(10-17)16(19)18(5)15-9-14(11(2)3)8-7-12(15)4/h7-9,11,13H,6,10,17H2,1-5H3. The first-order chi connectivity index (χ1) is 8.92. The van der Waals surface area contributed by atoms with Gasteiger partial charge in [-0.1, -0.05) is 32.9 Å². The van der Waals surface area contributed by atoms with Crippen molar-refractivity contribution in [3.63, 3.8) is 0 Å². The van der Waals surface area contributed by atoms with Gasteiger partial charge in [-0.15, -0.1) is 0 Å². The highest BCUT2D eigenvalue weighted by molar-refractivity contribution is 5.95. The Morgan fingerprint density at radius 2 is 2.00 bits per heavy atom. The summed E-state index contributed by atoms with van der Waals surface area (Å²) in [5.74, 6) is 0.473. The van der Waals surface area contributed by atoms with Crippen LogP contribution in [0.1, 0.15) is 44.2 Å². The lowest BCUT2D eigenvalue weighted by Crippen LogP contribution is -2.36. The van der Waals surface area contributed by atoms with Crippen molar-refractivity contribution < 1.29 is 4.79 Å². The largest absolute Gasteiger partial charge is 0.330 e. The zero-order valence-electron chi connectivity index (χ0n) is 12.7. The van der Waals surface area contributed by atoms with Crippen LogP contribution in [0.5, 0.6) is 0 Å². The van der Waals surface area contributed by atoms with E-state index in [1.807, 2.05) is 20.9 Å². The minimum atomic E-state index is -0.0906. The van der Waals surface area contributed by atoms with Gasteiger partial charge in [0.1, 0.15) is 0 Å². The highest BCUT2D eigenvalue weighted by Crippen LogP contribution is 2.26. The summed E-state index contributed by atoms with van der Waals surface area (Å²) in [6.45, 7) is 8.76. The van der Waals surface area contributed by atoms with Crippen molar-refractivity contribution >= 4 is 11.6 Å². The van der Waals surface area contributed by atoms with Gasteiger partial charge >= 0.3 is 0 Å². The number of benzene rings is 1. The molecule has 3 nitrogen and oxygen atoms in total. The molecule has 1 unspecified atom stereocenters. The van der Waals surface area contributed by atoms with Crippen LogP contribution in [0.15, 0.2) is 18.2 Å². The first-order valence-electron chi connectivity index (χ1n) is 7.00. The van der Waals surface area contributed by atoms with Crippen LogP contribution in [0.4, 0.5) is 5.69 Å². The van der Waals surface area contributed by atoms with Gasteiger partial charge in [-0.25, -0.2) is 0 Å². The van der Waals surface area contributed by atoms with E-state index in [1.54, 1.807) is 4.90 Å². The van der Waals surface area contributed by atoms with Gasteiger partial charge in [-0.05, 0) is 36.5 Å². The van der Waals surface area contributed by atoms with Crippen molar-refractivity contribution in [2.45, 2.75) is 40.0 Å². The average Bonchev–Trinajstić information content (AvgIpc) is 2.39. The summed E-state index contributed by atoms with van der Waals surface area (Å²) < 4.78 is 0.